The molecule has 0 unspecified atom stereocenters. The standard InChI is InChI=1S/C11H11N5OS/c12-11-15-9(7-18-11)5-10(17)16-14-6-8-3-1-2-4-13-8/h1-4,6-7H,5H2,(H2,12,15)(H,16,17)/b14-6+. The van der Waals surface area contributed by atoms with Crippen LogP contribution in [0.4, 0.5) is 5.13 Å². The minimum Gasteiger partial charge on any atom is -0.375 e. The number of rotatable bonds is 4. The Morgan fingerprint density at radius 1 is 1.56 bits per heavy atom. The second-order valence-electron chi connectivity index (χ2n) is 3.40. The number of aromatic nitrogens is 2. The third-order valence-electron chi connectivity index (χ3n) is 1.99. The lowest BCUT2D eigenvalue weighted by molar-refractivity contribution is -0.120. The number of nitrogen functional groups attached to an aromatic ring is 1. The Balaban J connectivity index is 1.83. The smallest absolute Gasteiger partial charge is 0.246 e. The zero-order chi connectivity index (χ0) is 12.8. The first-order chi connectivity index (χ1) is 8.74. The molecule has 0 aliphatic heterocycles. The van der Waals surface area contributed by atoms with Gasteiger partial charge in [0.25, 0.3) is 0 Å². The van der Waals surface area contributed by atoms with E-state index in [1.807, 2.05) is 12.1 Å². The van der Waals surface area contributed by atoms with Crippen molar-refractivity contribution in [3.63, 3.8) is 0 Å². The molecule has 3 N–H and O–H groups in total. The molecule has 1 amide bonds. The van der Waals surface area contributed by atoms with Gasteiger partial charge in [-0.15, -0.1) is 11.3 Å². The second kappa shape index (κ2) is 5.87. The summed E-state index contributed by atoms with van der Waals surface area (Å²) in [6.07, 6.45) is 3.29. The normalized spacial score (nSPS) is 10.7. The van der Waals surface area contributed by atoms with Gasteiger partial charge in [0.1, 0.15) is 0 Å². The minimum atomic E-state index is -0.243. The highest BCUT2D eigenvalue weighted by atomic mass is 32.1. The van der Waals surface area contributed by atoms with Crippen LogP contribution in [-0.4, -0.2) is 22.1 Å². The maximum atomic E-state index is 11.5. The average molecular weight is 261 g/mol. The molecule has 7 heteroatoms. The summed E-state index contributed by atoms with van der Waals surface area (Å²) in [7, 11) is 0. The number of nitrogens with one attached hydrogen (secondary N) is 1. The zero-order valence-corrected chi connectivity index (χ0v) is 10.2. The molecule has 0 spiro atoms. The third-order valence-corrected chi connectivity index (χ3v) is 2.71. The predicted octanol–water partition coefficient (Wildman–Crippen LogP) is 0.813. The highest BCUT2D eigenvalue weighted by molar-refractivity contribution is 7.13. The fourth-order valence-electron chi connectivity index (χ4n) is 1.23. The number of nitrogens with two attached hydrogens (primary N) is 1. The molecule has 2 heterocycles. The first-order valence-corrected chi connectivity index (χ1v) is 6.05. The Morgan fingerprint density at radius 2 is 2.44 bits per heavy atom. The Kier molecular flexibility index (Phi) is 3.98. The largest absolute Gasteiger partial charge is 0.375 e. The van der Waals surface area contributed by atoms with E-state index in [1.165, 1.54) is 17.6 Å². The number of carbonyl (C=O) groups is 1. The zero-order valence-electron chi connectivity index (χ0n) is 9.41. The molecule has 0 fully saturated rings. The molecule has 0 bridgehead atoms. The number of hydrogen-bond donors (Lipinski definition) is 2. The van der Waals surface area contributed by atoms with Gasteiger partial charge < -0.3 is 5.73 Å². The summed E-state index contributed by atoms with van der Waals surface area (Å²) >= 11 is 1.31. The van der Waals surface area contributed by atoms with E-state index < -0.39 is 0 Å². The lowest BCUT2D eigenvalue weighted by Gasteiger charge is -1.96. The first-order valence-electron chi connectivity index (χ1n) is 5.17. The maximum absolute atomic E-state index is 11.5. The average Bonchev–Trinajstić information content (AvgIpc) is 2.76. The summed E-state index contributed by atoms with van der Waals surface area (Å²) in [5, 5.41) is 6.00. The number of pyridine rings is 1. The minimum absolute atomic E-state index is 0.160. The van der Waals surface area contributed by atoms with E-state index in [-0.39, 0.29) is 12.3 Å². The monoisotopic (exact) mass is 261 g/mol. The van der Waals surface area contributed by atoms with Gasteiger partial charge >= 0.3 is 0 Å². The Hall–Kier alpha value is -2.28. The molecule has 0 aromatic carbocycles. The molecular weight excluding hydrogens is 250 g/mol. The highest BCUT2D eigenvalue weighted by Crippen LogP contribution is 2.11. The van der Waals surface area contributed by atoms with Gasteiger partial charge in [-0.05, 0) is 12.1 Å². The molecule has 0 aliphatic carbocycles. The van der Waals surface area contributed by atoms with Crippen LogP contribution < -0.4 is 11.2 Å². The number of anilines is 1. The van der Waals surface area contributed by atoms with Crippen LogP contribution in [0.5, 0.6) is 0 Å². The van der Waals surface area contributed by atoms with Crippen molar-refractivity contribution in [3.05, 3.63) is 41.2 Å². The Labute approximate surface area is 108 Å². The van der Waals surface area contributed by atoms with Gasteiger partial charge in [0.15, 0.2) is 5.13 Å². The fourth-order valence-corrected chi connectivity index (χ4v) is 1.79. The molecular formula is C11H11N5OS. The highest BCUT2D eigenvalue weighted by Gasteiger charge is 2.05. The van der Waals surface area contributed by atoms with E-state index >= 15 is 0 Å². The van der Waals surface area contributed by atoms with Crippen LogP contribution >= 0.6 is 11.3 Å². The molecule has 0 saturated heterocycles. The Bertz CT molecular complexity index is 552. The van der Waals surface area contributed by atoms with Crippen molar-refractivity contribution in [3.8, 4) is 0 Å². The van der Waals surface area contributed by atoms with Crippen LogP contribution in [0.3, 0.4) is 0 Å². The van der Waals surface area contributed by atoms with Gasteiger partial charge in [-0.1, -0.05) is 6.07 Å². The summed E-state index contributed by atoms with van der Waals surface area (Å²) in [4.78, 5) is 19.5. The third kappa shape index (κ3) is 3.63. The van der Waals surface area contributed by atoms with Gasteiger partial charge in [0.05, 0.1) is 24.0 Å². The second-order valence-corrected chi connectivity index (χ2v) is 4.29. The lowest BCUT2D eigenvalue weighted by Crippen LogP contribution is -2.20. The van der Waals surface area contributed by atoms with E-state index in [4.69, 9.17) is 5.73 Å². The van der Waals surface area contributed by atoms with Crippen LogP contribution in [0.2, 0.25) is 0 Å². The van der Waals surface area contributed by atoms with Crippen molar-refractivity contribution in [2.75, 3.05) is 5.73 Å². The van der Waals surface area contributed by atoms with Crippen LogP contribution in [0.15, 0.2) is 34.9 Å². The van der Waals surface area contributed by atoms with Gasteiger partial charge in [-0.25, -0.2) is 10.4 Å². The lowest BCUT2D eigenvalue weighted by atomic mass is 10.3. The molecule has 0 aliphatic rings. The van der Waals surface area contributed by atoms with Crippen LogP contribution in [0, 0.1) is 0 Å². The van der Waals surface area contributed by atoms with Crippen LogP contribution in [-0.2, 0) is 11.2 Å². The summed E-state index contributed by atoms with van der Waals surface area (Å²) in [5.74, 6) is -0.243. The number of carbonyl (C=O) groups excluding carboxylic acids is 1. The van der Waals surface area contributed by atoms with E-state index in [0.717, 1.165) is 0 Å². The predicted molar refractivity (Wildman–Crippen MR) is 70.2 cm³/mol. The van der Waals surface area contributed by atoms with Crippen LogP contribution in [0.1, 0.15) is 11.4 Å². The SMILES string of the molecule is Nc1nc(CC(=O)N/N=C/c2ccccn2)cs1. The summed E-state index contributed by atoms with van der Waals surface area (Å²) < 4.78 is 0. The van der Waals surface area contributed by atoms with Crippen molar-refractivity contribution in [1.29, 1.82) is 0 Å². The molecule has 0 atom stereocenters. The Morgan fingerprint density at radius 3 is 3.11 bits per heavy atom. The number of hydrogen-bond acceptors (Lipinski definition) is 6. The van der Waals surface area contributed by atoms with Crippen molar-refractivity contribution >= 4 is 28.6 Å². The topological polar surface area (TPSA) is 93.3 Å². The molecule has 2 rings (SSSR count). The van der Waals surface area contributed by atoms with Crippen molar-refractivity contribution in [2.45, 2.75) is 6.42 Å². The van der Waals surface area contributed by atoms with Crippen molar-refractivity contribution < 1.29 is 4.79 Å². The maximum Gasteiger partial charge on any atom is 0.246 e. The molecule has 2 aromatic rings. The molecule has 0 radical (unpaired) electrons. The van der Waals surface area contributed by atoms with Gasteiger partial charge in [0.2, 0.25) is 5.91 Å². The number of amides is 1. The molecule has 92 valence electrons. The molecule has 0 saturated carbocycles. The molecule has 2 aromatic heterocycles. The molecule has 6 nitrogen and oxygen atoms in total. The first kappa shape index (κ1) is 12.2. The summed E-state index contributed by atoms with van der Waals surface area (Å²) in [5.41, 5.74) is 9.19. The van der Waals surface area contributed by atoms with E-state index in [1.54, 1.807) is 17.6 Å². The number of nitrogens with zero attached hydrogens (tertiary/aromatic N) is 3. The summed E-state index contributed by atoms with van der Waals surface area (Å²) in [6, 6.07) is 5.44. The van der Waals surface area contributed by atoms with Crippen molar-refractivity contribution in [1.82, 2.24) is 15.4 Å². The van der Waals surface area contributed by atoms with Gasteiger partial charge in [0, 0.05) is 11.6 Å². The van der Waals surface area contributed by atoms with Gasteiger partial charge in [-0.3, -0.25) is 9.78 Å². The summed E-state index contributed by atoms with van der Waals surface area (Å²) in [6.45, 7) is 0. The van der Waals surface area contributed by atoms with Crippen LogP contribution in [0.25, 0.3) is 0 Å². The van der Waals surface area contributed by atoms with E-state index in [2.05, 4.69) is 20.5 Å². The van der Waals surface area contributed by atoms with E-state index in [9.17, 15) is 4.79 Å². The number of thiazole rings is 1. The quantitative estimate of drug-likeness (QED) is 0.629. The van der Waals surface area contributed by atoms with Gasteiger partial charge in [-0.2, -0.15) is 5.10 Å². The van der Waals surface area contributed by atoms with E-state index in [0.29, 0.717) is 16.5 Å². The molecule has 18 heavy (non-hydrogen) atoms. The number of hydrazone groups is 1. The van der Waals surface area contributed by atoms with Crippen molar-refractivity contribution in [2.24, 2.45) is 5.10 Å². The fraction of sp³-hybridized carbons (Fsp3) is 0.0909.